The van der Waals surface area contributed by atoms with Gasteiger partial charge in [-0.05, 0) is 52.5 Å². The second-order valence-electron chi connectivity index (χ2n) is 6.82. The third kappa shape index (κ3) is 4.70. The van der Waals surface area contributed by atoms with Crippen molar-refractivity contribution >= 4 is 24.6 Å². The molecule has 0 spiro atoms. The number of rotatable bonds is 10. The lowest BCUT2D eigenvalue weighted by Gasteiger charge is -2.43. The van der Waals surface area contributed by atoms with Crippen molar-refractivity contribution in [3.05, 3.63) is 11.3 Å². The third-order valence-electron chi connectivity index (χ3n) is 4.94. The molecule has 3 unspecified atom stereocenters. The van der Waals surface area contributed by atoms with Gasteiger partial charge in [-0.2, -0.15) is 0 Å². The van der Waals surface area contributed by atoms with Crippen molar-refractivity contribution in [2.45, 2.75) is 70.7 Å². The zero-order valence-electron chi connectivity index (χ0n) is 17.3. The smallest absolute Gasteiger partial charge is 0.465 e. The summed E-state index contributed by atoms with van der Waals surface area (Å²) >= 11 is 0. The van der Waals surface area contributed by atoms with Gasteiger partial charge >= 0.3 is 13.8 Å². The van der Waals surface area contributed by atoms with E-state index in [1.54, 1.807) is 34.6 Å². The van der Waals surface area contributed by atoms with E-state index < -0.39 is 35.4 Å². The Morgan fingerprint density at radius 1 is 1.21 bits per heavy atom. The van der Waals surface area contributed by atoms with Crippen LogP contribution in [0.5, 0.6) is 0 Å². The average molecular weight is 437 g/mol. The van der Waals surface area contributed by atoms with Gasteiger partial charge in [-0.1, -0.05) is 6.92 Å². The minimum Gasteiger partial charge on any atom is -0.465 e. The molecular weight excluding hydrogens is 405 g/mol. The van der Waals surface area contributed by atoms with Gasteiger partial charge in [-0.25, -0.2) is 9.36 Å². The summed E-state index contributed by atoms with van der Waals surface area (Å²) in [6.45, 7) is 9.04. The molecule has 0 amide bonds. The van der Waals surface area contributed by atoms with Crippen molar-refractivity contribution in [1.82, 2.24) is 5.32 Å². The quantitative estimate of drug-likeness (QED) is 0.411. The van der Waals surface area contributed by atoms with Gasteiger partial charge in [0.15, 0.2) is 0 Å². The van der Waals surface area contributed by atoms with Crippen molar-refractivity contribution in [2.75, 3.05) is 25.6 Å². The molecule has 8 nitrogen and oxygen atoms in total. The van der Waals surface area contributed by atoms with Gasteiger partial charge in [0.1, 0.15) is 16.5 Å². The molecule has 0 aromatic heterocycles. The van der Waals surface area contributed by atoms with Crippen molar-refractivity contribution in [3.8, 4) is 0 Å². The van der Waals surface area contributed by atoms with Gasteiger partial charge in [-0.3, -0.25) is 18.6 Å². The van der Waals surface area contributed by atoms with Crippen molar-refractivity contribution < 1.29 is 31.9 Å². The monoisotopic (exact) mass is 437 g/mol. The minimum atomic E-state index is -3.90. The fraction of sp³-hybridized carbons (Fsp3) is 0.833. The highest BCUT2D eigenvalue weighted by Gasteiger charge is 2.56. The van der Waals surface area contributed by atoms with Crippen LogP contribution in [0, 0.1) is 0 Å². The Labute approximate surface area is 169 Å². The number of hydrogen-bond donors (Lipinski definition) is 1. The van der Waals surface area contributed by atoms with Crippen LogP contribution in [-0.2, 0) is 38.5 Å². The number of phosphoric acid groups is 1. The molecule has 0 aromatic carbocycles. The van der Waals surface area contributed by atoms with Crippen molar-refractivity contribution in [2.24, 2.45) is 0 Å². The first-order chi connectivity index (χ1) is 13.3. The second-order valence-corrected chi connectivity index (χ2v) is 10.2. The summed E-state index contributed by atoms with van der Waals surface area (Å²) in [5, 5.41) is 2.49. The lowest BCUT2D eigenvalue weighted by molar-refractivity contribution is -0.151. The number of fused-ring (bicyclic) bond motifs is 1. The van der Waals surface area contributed by atoms with Crippen molar-refractivity contribution in [1.29, 1.82) is 0 Å². The number of ether oxygens (including phenoxy) is 1. The Kier molecular flexibility index (Phi) is 8.28. The van der Waals surface area contributed by atoms with E-state index in [0.717, 1.165) is 18.4 Å². The van der Waals surface area contributed by atoms with Crippen molar-refractivity contribution in [3.63, 3.8) is 0 Å². The zero-order valence-corrected chi connectivity index (χ0v) is 19.0. The van der Waals surface area contributed by atoms with Crippen LogP contribution in [0.3, 0.4) is 0 Å². The Bertz CT molecular complexity index is 673. The molecule has 28 heavy (non-hydrogen) atoms. The molecule has 0 saturated heterocycles. The van der Waals surface area contributed by atoms with Gasteiger partial charge in [0.25, 0.3) is 0 Å². The molecule has 1 heterocycles. The van der Waals surface area contributed by atoms with Crippen LogP contribution in [0.1, 0.15) is 53.9 Å². The summed E-state index contributed by atoms with van der Waals surface area (Å²) in [7, 11) is -5.37. The largest absolute Gasteiger partial charge is 0.529 e. The van der Waals surface area contributed by atoms with Gasteiger partial charge in [-0.15, -0.1) is 0 Å². The maximum Gasteiger partial charge on any atom is 0.529 e. The number of hydrogen-bond acceptors (Lipinski definition) is 8. The molecule has 1 N–H and O–H groups in total. The molecule has 0 bridgehead atoms. The van der Waals surface area contributed by atoms with E-state index >= 15 is 0 Å². The number of phosphoric ester groups is 1. The average Bonchev–Trinajstić information content (AvgIpc) is 3.09. The fourth-order valence-corrected chi connectivity index (χ4v) is 6.61. The summed E-state index contributed by atoms with van der Waals surface area (Å²) in [5.74, 6) is 0.0958. The minimum absolute atomic E-state index is 0.133. The van der Waals surface area contributed by atoms with Crippen LogP contribution in [0.15, 0.2) is 11.3 Å². The van der Waals surface area contributed by atoms with E-state index in [1.807, 2.05) is 0 Å². The zero-order chi connectivity index (χ0) is 20.9. The van der Waals surface area contributed by atoms with Crippen LogP contribution in [0.25, 0.3) is 0 Å². The molecule has 1 saturated carbocycles. The Morgan fingerprint density at radius 2 is 1.86 bits per heavy atom. The van der Waals surface area contributed by atoms with Crippen LogP contribution in [0.4, 0.5) is 0 Å². The van der Waals surface area contributed by atoms with E-state index in [1.165, 1.54) is 0 Å². The first-order valence-corrected chi connectivity index (χ1v) is 12.7. The maximum absolute atomic E-state index is 13.1. The molecule has 2 aliphatic rings. The van der Waals surface area contributed by atoms with Gasteiger partial charge in [0.05, 0.1) is 19.8 Å². The predicted octanol–water partition coefficient (Wildman–Crippen LogP) is 3.05. The summed E-state index contributed by atoms with van der Waals surface area (Å²) in [4.78, 5) is 12.9. The van der Waals surface area contributed by atoms with Gasteiger partial charge in [0, 0.05) is 22.6 Å². The van der Waals surface area contributed by atoms with E-state index in [9.17, 15) is 13.6 Å². The molecule has 1 aliphatic heterocycles. The summed E-state index contributed by atoms with van der Waals surface area (Å²) in [6, 6.07) is -0.133. The number of esters is 1. The topological polar surface area (TPSA) is 100 Å². The first-order valence-electron chi connectivity index (χ1n) is 9.89. The predicted molar refractivity (Wildman–Crippen MR) is 107 cm³/mol. The molecule has 1 aliphatic carbocycles. The van der Waals surface area contributed by atoms with Crippen LogP contribution in [0.2, 0.25) is 0 Å². The summed E-state index contributed by atoms with van der Waals surface area (Å²) in [5.41, 5.74) is -0.387. The molecule has 162 valence electrons. The highest BCUT2D eigenvalue weighted by molar-refractivity contribution is 7.86. The van der Waals surface area contributed by atoms with E-state index in [4.69, 9.17) is 18.3 Å². The lowest BCUT2D eigenvalue weighted by atomic mass is 9.87. The summed E-state index contributed by atoms with van der Waals surface area (Å²) < 4.78 is 47.9. The number of nitrogens with one attached hydrogen (secondary N) is 1. The Hall–Kier alpha value is -0.730. The second kappa shape index (κ2) is 9.85. The molecular formula is C18H32NO7PS. The first kappa shape index (κ1) is 23.5. The normalized spacial score (nSPS) is 28.8. The Balaban J connectivity index is 2.57. The van der Waals surface area contributed by atoms with Gasteiger partial charge < -0.3 is 9.26 Å². The van der Waals surface area contributed by atoms with E-state index in [2.05, 4.69) is 5.32 Å². The summed E-state index contributed by atoms with van der Waals surface area (Å²) in [6.07, 6.45) is 2.40. The standard InChI is InChI=1S/C18H32NO7PS/c1-6-23-17(20)18(5)16(28(22)9-4)15(13-11-10-12-14(13)19-18)26-27(21,24-7-2)25-8-3/h14,16,19H,6-12H2,1-5H3/t14-,16?,18?,28?/m0/s1. The third-order valence-corrected chi connectivity index (χ3v) is 8.29. The van der Waals surface area contributed by atoms with Gasteiger partial charge in [0.2, 0.25) is 0 Å². The van der Waals surface area contributed by atoms with Crippen LogP contribution < -0.4 is 5.32 Å². The highest BCUT2D eigenvalue weighted by atomic mass is 32.2. The molecule has 10 heteroatoms. The Morgan fingerprint density at radius 3 is 2.39 bits per heavy atom. The SMILES string of the molecule is CCOC(=O)C1(C)N[C@H]2CCCC2=C(OP(=O)(OCC)OCC)C1S(=O)CC. The van der Waals surface area contributed by atoms with Crippen LogP contribution >= 0.6 is 7.82 Å². The number of carbonyl (C=O) groups excluding carboxylic acids is 1. The highest BCUT2D eigenvalue weighted by Crippen LogP contribution is 2.55. The molecule has 1 fully saturated rings. The number of carbonyl (C=O) groups is 1. The lowest BCUT2D eigenvalue weighted by Crippen LogP contribution is -2.66. The van der Waals surface area contributed by atoms with E-state index in [0.29, 0.717) is 17.9 Å². The van der Waals surface area contributed by atoms with Crippen LogP contribution in [-0.4, -0.2) is 52.6 Å². The van der Waals surface area contributed by atoms with E-state index in [-0.39, 0.29) is 25.9 Å². The molecule has 2 rings (SSSR count). The molecule has 4 atom stereocenters. The fourth-order valence-electron chi connectivity index (χ4n) is 3.80. The maximum atomic E-state index is 13.1. The molecule has 0 radical (unpaired) electrons. The molecule has 0 aromatic rings.